The van der Waals surface area contributed by atoms with Crippen LogP contribution in [-0.4, -0.2) is 91.4 Å². The maximum absolute atomic E-state index is 13.8. The molecule has 2 aliphatic rings. The first kappa shape index (κ1) is 32.2. The Labute approximate surface area is 277 Å². The minimum absolute atomic E-state index is 0.158. The van der Waals surface area contributed by atoms with E-state index >= 15 is 0 Å². The molecule has 7 rings (SSSR count). The van der Waals surface area contributed by atoms with E-state index in [9.17, 15) is 27.2 Å². The molecule has 2 aliphatic heterocycles. The molecule has 1 N–H and O–H groups in total. The van der Waals surface area contributed by atoms with Gasteiger partial charge in [0, 0.05) is 49.5 Å². The molecule has 2 fully saturated rings. The highest BCUT2D eigenvalue weighted by atomic mass is 19.4. The van der Waals surface area contributed by atoms with Crippen molar-refractivity contribution in [3.05, 3.63) is 78.6 Å². The van der Waals surface area contributed by atoms with Crippen molar-refractivity contribution in [2.75, 3.05) is 49.6 Å². The number of aromatic nitrogens is 6. The van der Waals surface area contributed by atoms with Gasteiger partial charge in [-0.2, -0.15) is 18.3 Å². The average Bonchev–Trinajstić information content (AvgIpc) is 3.72. The number of amides is 2. The highest BCUT2D eigenvalue weighted by molar-refractivity contribution is 6.04. The predicted molar refractivity (Wildman–Crippen MR) is 170 cm³/mol. The van der Waals surface area contributed by atoms with Gasteiger partial charge in [0.15, 0.2) is 11.5 Å². The van der Waals surface area contributed by atoms with Gasteiger partial charge in [0.25, 0.3) is 5.91 Å². The number of carbonyl (C=O) groups excluding carboxylic acids is 2. The first-order valence-electron chi connectivity index (χ1n) is 15.8. The summed E-state index contributed by atoms with van der Waals surface area (Å²) in [4.78, 5) is 42.2. The largest absolute Gasteiger partial charge is 0.397 e. The summed E-state index contributed by atoms with van der Waals surface area (Å²) in [6, 6.07) is 12.5. The van der Waals surface area contributed by atoms with Crippen LogP contribution in [0.2, 0.25) is 0 Å². The highest BCUT2D eigenvalue weighted by Gasteiger charge is 2.35. The van der Waals surface area contributed by atoms with Crippen molar-refractivity contribution in [2.45, 2.75) is 31.5 Å². The molecular formula is C33H31F4N9O3. The minimum Gasteiger partial charge on any atom is -0.378 e. The Kier molecular flexibility index (Phi) is 8.71. The van der Waals surface area contributed by atoms with Gasteiger partial charge in [-0.15, -0.1) is 0 Å². The summed E-state index contributed by atoms with van der Waals surface area (Å²) in [7, 11) is 0. The first-order chi connectivity index (χ1) is 23.6. The van der Waals surface area contributed by atoms with E-state index in [0.717, 1.165) is 0 Å². The van der Waals surface area contributed by atoms with Crippen molar-refractivity contribution in [1.82, 2.24) is 34.0 Å². The fraction of sp³-hybridized carbons (Fsp3) is 0.333. The van der Waals surface area contributed by atoms with Crippen LogP contribution < -0.4 is 10.2 Å². The van der Waals surface area contributed by atoms with Crippen LogP contribution in [0.5, 0.6) is 0 Å². The normalized spacial score (nSPS) is 15.9. The molecule has 2 saturated heterocycles. The predicted octanol–water partition coefficient (Wildman–Crippen LogP) is 5.00. The van der Waals surface area contributed by atoms with E-state index in [1.165, 1.54) is 21.5 Å². The molecule has 49 heavy (non-hydrogen) atoms. The van der Waals surface area contributed by atoms with Gasteiger partial charge >= 0.3 is 6.18 Å². The van der Waals surface area contributed by atoms with E-state index in [1.54, 1.807) is 55.1 Å². The van der Waals surface area contributed by atoms with Gasteiger partial charge in [0.2, 0.25) is 5.91 Å². The number of piperidine rings is 1. The Morgan fingerprint density at radius 2 is 1.71 bits per heavy atom. The molecule has 0 spiro atoms. The quantitative estimate of drug-likeness (QED) is 0.239. The molecule has 254 valence electrons. The number of rotatable bonds is 7. The number of hydrogen-bond donors (Lipinski definition) is 1. The number of anilines is 2. The van der Waals surface area contributed by atoms with Gasteiger partial charge < -0.3 is 24.4 Å². The smallest absolute Gasteiger partial charge is 0.378 e. The third-order valence-corrected chi connectivity index (χ3v) is 8.62. The third kappa shape index (κ3) is 7.09. The number of fused-ring (bicyclic) bond motifs is 1. The number of morpholine rings is 1. The highest BCUT2D eigenvalue weighted by Crippen LogP contribution is 2.36. The van der Waals surface area contributed by atoms with E-state index in [0.29, 0.717) is 78.8 Å². The third-order valence-electron chi connectivity index (χ3n) is 8.62. The Bertz CT molecular complexity index is 1980. The zero-order valence-corrected chi connectivity index (χ0v) is 26.1. The lowest BCUT2D eigenvalue weighted by atomic mass is 10.0. The van der Waals surface area contributed by atoms with Crippen LogP contribution in [0.4, 0.5) is 29.2 Å². The van der Waals surface area contributed by atoms with Crippen LogP contribution in [0.3, 0.4) is 0 Å². The van der Waals surface area contributed by atoms with E-state index < -0.39 is 24.3 Å². The van der Waals surface area contributed by atoms with Gasteiger partial charge in [0.05, 0.1) is 37.1 Å². The molecule has 0 aliphatic carbocycles. The van der Waals surface area contributed by atoms with Crippen molar-refractivity contribution in [3.63, 3.8) is 0 Å². The molecule has 0 saturated carbocycles. The summed E-state index contributed by atoms with van der Waals surface area (Å²) in [5.41, 5.74) is 3.17. The lowest BCUT2D eigenvalue weighted by Gasteiger charge is -2.33. The zero-order chi connectivity index (χ0) is 34.1. The van der Waals surface area contributed by atoms with Gasteiger partial charge in [-0.1, -0.05) is 0 Å². The van der Waals surface area contributed by atoms with Gasteiger partial charge in [-0.05, 0) is 61.4 Å². The molecule has 0 unspecified atom stereocenters. The minimum atomic E-state index is -4.57. The fourth-order valence-electron chi connectivity index (χ4n) is 6.17. The molecule has 6 heterocycles. The number of likely N-dealkylation sites (tertiary alicyclic amines) is 1. The second-order valence-corrected chi connectivity index (χ2v) is 11.9. The van der Waals surface area contributed by atoms with E-state index in [4.69, 9.17) is 9.84 Å². The van der Waals surface area contributed by atoms with Crippen molar-refractivity contribution >= 4 is 29.1 Å². The SMILES string of the molecule is O=C(Nc1cn2nc(-c3c(-c4ccc(F)cc4)ncn3C3CCN(C(=O)CC(F)(F)F)CC3)ccc2n1)c1ccnc(N2CCOCC2)c1. The number of ether oxygens (including phenoxy) is 1. The Hall–Kier alpha value is -5.38. The standard InChI is InChI=1S/C33H31F4N9O3/c34-23-3-1-21(2-4-23)30-31(45(20-39-30)24-8-11-44(12-9-24)29(47)18-33(35,36)37)25-5-6-27-40-26(19-46(27)42-25)41-32(48)22-7-10-38-28(17-22)43-13-15-49-16-14-43/h1-7,10,17,19-20,24H,8-9,11-16,18H2,(H,41,48). The molecule has 2 amide bonds. The van der Waals surface area contributed by atoms with Crippen LogP contribution >= 0.6 is 0 Å². The molecule has 0 bridgehead atoms. The van der Waals surface area contributed by atoms with Crippen LogP contribution in [0, 0.1) is 5.82 Å². The van der Waals surface area contributed by atoms with Crippen molar-refractivity contribution in [3.8, 4) is 22.6 Å². The second kappa shape index (κ2) is 13.3. The molecule has 12 nitrogen and oxygen atoms in total. The Morgan fingerprint density at radius 3 is 2.45 bits per heavy atom. The summed E-state index contributed by atoms with van der Waals surface area (Å²) < 4.78 is 61.2. The van der Waals surface area contributed by atoms with Gasteiger partial charge in [-0.25, -0.2) is 23.9 Å². The maximum Gasteiger partial charge on any atom is 0.397 e. The second-order valence-electron chi connectivity index (χ2n) is 11.9. The average molecular weight is 678 g/mol. The van der Waals surface area contributed by atoms with E-state index in [-0.39, 0.29) is 30.9 Å². The Morgan fingerprint density at radius 1 is 0.959 bits per heavy atom. The number of pyridine rings is 1. The van der Waals surface area contributed by atoms with Crippen LogP contribution in [0.1, 0.15) is 35.7 Å². The molecule has 0 atom stereocenters. The molecule has 1 aromatic carbocycles. The number of nitrogens with one attached hydrogen (secondary N) is 1. The van der Waals surface area contributed by atoms with Crippen LogP contribution in [-0.2, 0) is 9.53 Å². The van der Waals surface area contributed by atoms with Gasteiger partial charge in [0.1, 0.15) is 23.7 Å². The number of benzene rings is 1. The number of alkyl halides is 3. The summed E-state index contributed by atoms with van der Waals surface area (Å²) in [5, 5.41) is 7.61. The Balaban J connectivity index is 1.15. The number of nitrogens with zero attached hydrogens (tertiary/aromatic N) is 8. The fourth-order valence-corrected chi connectivity index (χ4v) is 6.17. The monoisotopic (exact) mass is 677 g/mol. The number of halogens is 4. The van der Waals surface area contributed by atoms with Crippen molar-refractivity contribution in [1.29, 1.82) is 0 Å². The van der Waals surface area contributed by atoms with Crippen LogP contribution in [0.15, 0.2) is 67.3 Å². The number of carbonyl (C=O) groups is 2. The van der Waals surface area contributed by atoms with Crippen LogP contribution in [0.25, 0.3) is 28.3 Å². The summed E-state index contributed by atoms with van der Waals surface area (Å²) in [6.45, 7) is 2.86. The molecule has 16 heteroatoms. The first-order valence-corrected chi connectivity index (χ1v) is 15.8. The lowest BCUT2D eigenvalue weighted by molar-refractivity contribution is -0.162. The van der Waals surface area contributed by atoms with E-state index in [1.807, 2.05) is 4.57 Å². The molecule has 0 radical (unpaired) electrons. The summed E-state index contributed by atoms with van der Waals surface area (Å²) in [5.74, 6) is -0.748. The molecule has 5 aromatic rings. The number of imidazole rings is 2. The molecule has 4 aromatic heterocycles. The lowest BCUT2D eigenvalue weighted by Crippen LogP contribution is -2.40. The zero-order valence-electron chi connectivity index (χ0n) is 26.1. The maximum atomic E-state index is 13.8. The molecular weight excluding hydrogens is 646 g/mol. The summed E-state index contributed by atoms with van der Waals surface area (Å²) in [6.07, 6.45) is -0.438. The summed E-state index contributed by atoms with van der Waals surface area (Å²) >= 11 is 0. The van der Waals surface area contributed by atoms with Crippen molar-refractivity contribution < 1.29 is 31.9 Å². The van der Waals surface area contributed by atoms with Gasteiger partial charge in [-0.3, -0.25) is 9.59 Å². The van der Waals surface area contributed by atoms with E-state index in [2.05, 4.69) is 25.2 Å². The van der Waals surface area contributed by atoms with Crippen molar-refractivity contribution in [2.24, 2.45) is 0 Å². The number of hydrogen-bond acceptors (Lipinski definition) is 8. The topological polar surface area (TPSA) is 123 Å².